The zero-order chi connectivity index (χ0) is 16.1. The number of nitrogens with one attached hydrogen (secondary N) is 1. The van der Waals surface area contributed by atoms with Gasteiger partial charge in [0.25, 0.3) is 11.8 Å². The lowest BCUT2D eigenvalue weighted by Crippen LogP contribution is -2.48. The van der Waals surface area contributed by atoms with Crippen molar-refractivity contribution in [1.82, 2.24) is 20.1 Å². The molecule has 1 N–H and O–H groups in total. The van der Waals surface area contributed by atoms with Gasteiger partial charge in [0, 0.05) is 44.6 Å². The van der Waals surface area contributed by atoms with Crippen molar-refractivity contribution in [3.8, 4) is 0 Å². The largest absolute Gasteiger partial charge is 0.350 e. The number of hydrogen-bond acceptors (Lipinski definition) is 4. The van der Waals surface area contributed by atoms with Crippen LogP contribution in [-0.2, 0) is 0 Å². The first-order valence-electron chi connectivity index (χ1n) is 7.78. The lowest BCUT2D eigenvalue weighted by Gasteiger charge is -2.34. The van der Waals surface area contributed by atoms with Gasteiger partial charge in [0.1, 0.15) is 0 Å². The number of aromatic nitrogens is 1. The fourth-order valence-corrected chi connectivity index (χ4v) is 2.48. The third-order valence-electron chi connectivity index (χ3n) is 3.77. The SMILES string of the molecule is CCN1CCN(C(=O)c2cncc(C(=O)NC(C)C)c2)CC1. The van der Waals surface area contributed by atoms with Crippen LogP contribution in [0, 0.1) is 0 Å². The predicted octanol–water partition coefficient (Wildman–Crippen LogP) is 0.997. The van der Waals surface area contributed by atoms with Gasteiger partial charge in [-0.15, -0.1) is 0 Å². The molecule has 120 valence electrons. The van der Waals surface area contributed by atoms with Crippen LogP contribution in [0.3, 0.4) is 0 Å². The van der Waals surface area contributed by atoms with E-state index in [0.29, 0.717) is 11.1 Å². The van der Waals surface area contributed by atoms with Crippen LogP contribution in [0.2, 0.25) is 0 Å². The van der Waals surface area contributed by atoms with Crippen LogP contribution in [-0.4, -0.2) is 65.4 Å². The molecule has 0 unspecified atom stereocenters. The van der Waals surface area contributed by atoms with Crippen LogP contribution >= 0.6 is 0 Å². The van der Waals surface area contributed by atoms with Crippen molar-refractivity contribution in [2.45, 2.75) is 26.8 Å². The van der Waals surface area contributed by atoms with Gasteiger partial charge in [-0.1, -0.05) is 6.92 Å². The third-order valence-corrected chi connectivity index (χ3v) is 3.77. The van der Waals surface area contributed by atoms with Crippen LogP contribution in [0.25, 0.3) is 0 Å². The number of piperazine rings is 1. The summed E-state index contributed by atoms with van der Waals surface area (Å²) in [6, 6.07) is 1.67. The Morgan fingerprint density at radius 2 is 1.82 bits per heavy atom. The first-order valence-corrected chi connectivity index (χ1v) is 7.78. The molecule has 0 bridgehead atoms. The lowest BCUT2D eigenvalue weighted by atomic mass is 10.1. The summed E-state index contributed by atoms with van der Waals surface area (Å²) < 4.78 is 0. The standard InChI is InChI=1S/C16H24N4O2/c1-4-19-5-7-20(8-6-19)16(22)14-9-13(10-17-11-14)15(21)18-12(2)3/h9-12H,4-8H2,1-3H3,(H,18,21). The Bertz CT molecular complexity index is 537. The van der Waals surface area contributed by atoms with E-state index in [9.17, 15) is 9.59 Å². The normalized spacial score (nSPS) is 15.9. The summed E-state index contributed by atoms with van der Waals surface area (Å²) in [5.74, 6) is -0.254. The smallest absolute Gasteiger partial charge is 0.255 e. The molecule has 0 spiro atoms. The molecule has 0 radical (unpaired) electrons. The molecule has 1 aliphatic heterocycles. The minimum Gasteiger partial charge on any atom is -0.350 e. The molecule has 1 aromatic rings. The Morgan fingerprint density at radius 3 is 2.41 bits per heavy atom. The highest BCUT2D eigenvalue weighted by molar-refractivity contribution is 5.99. The molecule has 1 aromatic heterocycles. The highest BCUT2D eigenvalue weighted by Crippen LogP contribution is 2.10. The first-order chi connectivity index (χ1) is 10.5. The molecule has 1 saturated heterocycles. The van der Waals surface area contributed by atoms with Gasteiger partial charge in [-0.05, 0) is 26.5 Å². The van der Waals surface area contributed by atoms with Gasteiger partial charge in [0.15, 0.2) is 0 Å². The summed E-state index contributed by atoms with van der Waals surface area (Å²) in [6.45, 7) is 10.1. The molecule has 6 nitrogen and oxygen atoms in total. The molecule has 0 atom stereocenters. The number of rotatable bonds is 4. The number of amides is 2. The van der Waals surface area contributed by atoms with E-state index in [4.69, 9.17) is 0 Å². The summed E-state index contributed by atoms with van der Waals surface area (Å²) in [6.07, 6.45) is 3.02. The van der Waals surface area contributed by atoms with Gasteiger partial charge in [-0.25, -0.2) is 0 Å². The highest BCUT2D eigenvalue weighted by atomic mass is 16.2. The fraction of sp³-hybridized carbons (Fsp3) is 0.562. The molecular weight excluding hydrogens is 280 g/mol. The maximum Gasteiger partial charge on any atom is 0.255 e. The van der Waals surface area contributed by atoms with E-state index in [1.807, 2.05) is 18.7 Å². The molecule has 0 aliphatic carbocycles. The molecule has 2 rings (SSSR count). The molecule has 0 aromatic carbocycles. The lowest BCUT2D eigenvalue weighted by molar-refractivity contribution is 0.0643. The monoisotopic (exact) mass is 304 g/mol. The average molecular weight is 304 g/mol. The van der Waals surface area contributed by atoms with Crippen LogP contribution in [0.5, 0.6) is 0 Å². The first kappa shape index (κ1) is 16.4. The van der Waals surface area contributed by atoms with Gasteiger partial charge in [0.2, 0.25) is 0 Å². The number of carbonyl (C=O) groups excluding carboxylic acids is 2. The predicted molar refractivity (Wildman–Crippen MR) is 84.9 cm³/mol. The fourth-order valence-electron chi connectivity index (χ4n) is 2.48. The second-order valence-corrected chi connectivity index (χ2v) is 5.82. The van der Waals surface area contributed by atoms with Crippen LogP contribution < -0.4 is 5.32 Å². The molecule has 1 aliphatic rings. The quantitative estimate of drug-likeness (QED) is 0.901. The third kappa shape index (κ3) is 4.04. The minimum absolute atomic E-state index is 0.0500. The van der Waals surface area contributed by atoms with E-state index in [1.54, 1.807) is 6.07 Å². The van der Waals surface area contributed by atoms with Crippen LogP contribution in [0.15, 0.2) is 18.5 Å². The molecular formula is C16H24N4O2. The van der Waals surface area contributed by atoms with Crippen molar-refractivity contribution >= 4 is 11.8 Å². The molecule has 0 saturated carbocycles. The van der Waals surface area contributed by atoms with Crippen LogP contribution in [0.4, 0.5) is 0 Å². The van der Waals surface area contributed by atoms with Crippen molar-refractivity contribution in [2.24, 2.45) is 0 Å². The number of carbonyl (C=O) groups is 2. The van der Waals surface area contributed by atoms with Gasteiger partial charge in [0.05, 0.1) is 11.1 Å². The molecule has 2 amide bonds. The molecule has 22 heavy (non-hydrogen) atoms. The summed E-state index contributed by atoms with van der Waals surface area (Å²) in [4.78, 5) is 32.7. The number of hydrogen-bond donors (Lipinski definition) is 1. The van der Waals surface area contributed by atoms with E-state index >= 15 is 0 Å². The minimum atomic E-state index is -0.201. The Kier molecular flexibility index (Phi) is 5.49. The maximum absolute atomic E-state index is 12.5. The number of likely N-dealkylation sites (N-methyl/N-ethyl adjacent to an activating group) is 1. The van der Waals surface area contributed by atoms with Crippen molar-refractivity contribution in [3.05, 3.63) is 29.6 Å². The van der Waals surface area contributed by atoms with Gasteiger partial charge in [-0.3, -0.25) is 14.6 Å². The summed E-state index contributed by atoms with van der Waals surface area (Å²) in [7, 11) is 0. The molecule has 6 heteroatoms. The van der Waals surface area contributed by atoms with Gasteiger partial charge >= 0.3 is 0 Å². The zero-order valence-corrected chi connectivity index (χ0v) is 13.5. The van der Waals surface area contributed by atoms with Gasteiger partial charge < -0.3 is 15.1 Å². The van der Waals surface area contributed by atoms with E-state index in [1.165, 1.54) is 12.4 Å². The Hall–Kier alpha value is -1.95. The van der Waals surface area contributed by atoms with Crippen molar-refractivity contribution in [1.29, 1.82) is 0 Å². The van der Waals surface area contributed by atoms with Crippen molar-refractivity contribution in [3.63, 3.8) is 0 Å². The second-order valence-electron chi connectivity index (χ2n) is 5.82. The van der Waals surface area contributed by atoms with E-state index < -0.39 is 0 Å². The second kappa shape index (κ2) is 7.35. The number of nitrogens with zero attached hydrogens (tertiary/aromatic N) is 3. The van der Waals surface area contributed by atoms with Crippen LogP contribution in [0.1, 0.15) is 41.5 Å². The van der Waals surface area contributed by atoms with E-state index in [2.05, 4.69) is 22.1 Å². The van der Waals surface area contributed by atoms with Crippen molar-refractivity contribution < 1.29 is 9.59 Å². The molecule has 2 heterocycles. The summed E-state index contributed by atoms with van der Waals surface area (Å²) in [5.41, 5.74) is 0.896. The van der Waals surface area contributed by atoms with Gasteiger partial charge in [-0.2, -0.15) is 0 Å². The number of pyridine rings is 1. The summed E-state index contributed by atoms with van der Waals surface area (Å²) >= 11 is 0. The summed E-state index contributed by atoms with van der Waals surface area (Å²) in [5, 5.41) is 2.81. The average Bonchev–Trinajstić information content (AvgIpc) is 2.54. The highest BCUT2D eigenvalue weighted by Gasteiger charge is 2.22. The van der Waals surface area contributed by atoms with E-state index in [-0.39, 0.29) is 17.9 Å². The zero-order valence-electron chi connectivity index (χ0n) is 13.5. The molecule has 1 fully saturated rings. The Labute approximate surface area is 131 Å². The van der Waals surface area contributed by atoms with E-state index in [0.717, 1.165) is 32.7 Å². The topological polar surface area (TPSA) is 65.5 Å². The Balaban J connectivity index is 2.06. The van der Waals surface area contributed by atoms with Crippen molar-refractivity contribution in [2.75, 3.05) is 32.7 Å². The Morgan fingerprint density at radius 1 is 1.18 bits per heavy atom. The maximum atomic E-state index is 12.5.